The minimum absolute atomic E-state index is 0.462. The third-order valence-corrected chi connectivity index (χ3v) is 2.50. The Balaban J connectivity index is 3.25. The van der Waals surface area contributed by atoms with E-state index in [9.17, 15) is 22.0 Å². The van der Waals surface area contributed by atoms with Gasteiger partial charge in [-0.2, -0.15) is 0 Å². The standard InChI is InChI=1S/C12H15F2NO4S/c1-12(2,3)19-9-6-7(13)5-8(10(9)14)11(16)15-20(4,17)18/h5-6H,1-4H3,(H,15,16). The van der Waals surface area contributed by atoms with E-state index in [0.29, 0.717) is 6.07 Å². The van der Waals surface area contributed by atoms with Gasteiger partial charge >= 0.3 is 0 Å². The molecule has 112 valence electrons. The van der Waals surface area contributed by atoms with Crippen LogP contribution in [0.2, 0.25) is 0 Å². The summed E-state index contributed by atoms with van der Waals surface area (Å²) in [4.78, 5) is 11.6. The van der Waals surface area contributed by atoms with Gasteiger partial charge in [0.05, 0.1) is 11.8 Å². The first-order chi connectivity index (χ1) is 8.89. The van der Waals surface area contributed by atoms with Crippen LogP contribution in [0.3, 0.4) is 0 Å². The highest BCUT2D eigenvalue weighted by molar-refractivity contribution is 7.89. The smallest absolute Gasteiger partial charge is 0.267 e. The van der Waals surface area contributed by atoms with Gasteiger partial charge < -0.3 is 4.74 Å². The zero-order chi connectivity index (χ0) is 15.7. The van der Waals surface area contributed by atoms with Crippen molar-refractivity contribution < 1.29 is 26.7 Å². The molecule has 0 radical (unpaired) electrons. The number of halogens is 2. The van der Waals surface area contributed by atoms with Gasteiger partial charge in [-0.25, -0.2) is 21.9 Å². The number of nitrogens with one attached hydrogen (secondary N) is 1. The predicted octanol–water partition coefficient (Wildman–Crippen LogP) is 1.83. The Morgan fingerprint density at radius 1 is 1.25 bits per heavy atom. The molecule has 0 bridgehead atoms. The Morgan fingerprint density at radius 3 is 2.25 bits per heavy atom. The molecule has 1 amide bonds. The van der Waals surface area contributed by atoms with Crippen molar-refractivity contribution in [1.29, 1.82) is 0 Å². The molecule has 0 aliphatic rings. The molecule has 0 aliphatic heterocycles. The Bertz CT molecular complexity index is 636. The summed E-state index contributed by atoms with van der Waals surface area (Å²) in [5.74, 6) is -3.76. The van der Waals surface area contributed by atoms with Crippen molar-refractivity contribution >= 4 is 15.9 Å². The molecule has 0 fully saturated rings. The molecule has 5 nitrogen and oxygen atoms in total. The number of amides is 1. The first kappa shape index (κ1) is 16.4. The second-order valence-electron chi connectivity index (χ2n) is 5.18. The van der Waals surface area contributed by atoms with Crippen LogP contribution in [0.5, 0.6) is 5.75 Å². The first-order valence-electron chi connectivity index (χ1n) is 5.59. The summed E-state index contributed by atoms with van der Waals surface area (Å²) in [5, 5.41) is 0. The van der Waals surface area contributed by atoms with Crippen molar-refractivity contribution in [1.82, 2.24) is 4.72 Å². The molecule has 0 spiro atoms. The summed E-state index contributed by atoms with van der Waals surface area (Å²) in [7, 11) is -3.88. The minimum Gasteiger partial charge on any atom is -0.485 e. The molecular formula is C12H15F2NO4S. The van der Waals surface area contributed by atoms with Crippen molar-refractivity contribution in [3.8, 4) is 5.75 Å². The average Bonchev–Trinajstić information content (AvgIpc) is 2.18. The van der Waals surface area contributed by atoms with E-state index in [1.54, 1.807) is 25.5 Å². The second kappa shape index (κ2) is 5.35. The normalized spacial score (nSPS) is 12.1. The zero-order valence-corrected chi connectivity index (χ0v) is 12.3. The van der Waals surface area contributed by atoms with Gasteiger partial charge in [0.25, 0.3) is 5.91 Å². The molecule has 1 N–H and O–H groups in total. The third kappa shape index (κ3) is 4.76. The van der Waals surface area contributed by atoms with Gasteiger partial charge in [0.1, 0.15) is 11.4 Å². The number of sulfonamides is 1. The van der Waals surface area contributed by atoms with E-state index in [1.807, 2.05) is 0 Å². The van der Waals surface area contributed by atoms with E-state index < -0.39 is 44.5 Å². The number of carbonyl (C=O) groups is 1. The van der Waals surface area contributed by atoms with E-state index in [0.717, 1.165) is 12.3 Å². The molecular weight excluding hydrogens is 292 g/mol. The van der Waals surface area contributed by atoms with Gasteiger partial charge in [-0.05, 0) is 26.8 Å². The van der Waals surface area contributed by atoms with Crippen molar-refractivity contribution in [2.45, 2.75) is 26.4 Å². The van der Waals surface area contributed by atoms with Gasteiger partial charge in [-0.1, -0.05) is 0 Å². The summed E-state index contributed by atoms with van der Waals surface area (Å²) < 4.78 is 56.1. The van der Waals surface area contributed by atoms with Gasteiger partial charge in [0.15, 0.2) is 11.6 Å². The van der Waals surface area contributed by atoms with Crippen LogP contribution in [-0.4, -0.2) is 26.2 Å². The second-order valence-corrected chi connectivity index (χ2v) is 6.93. The van der Waals surface area contributed by atoms with E-state index in [-0.39, 0.29) is 0 Å². The Kier molecular flexibility index (Phi) is 4.38. The van der Waals surface area contributed by atoms with E-state index >= 15 is 0 Å². The van der Waals surface area contributed by atoms with Crippen LogP contribution in [-0.2, 0) is 10.0 Å². The summed E-state index contributed by atoms with van der Waals surface area (Å²) in [6.45, 7) is 4.86. The van der Waals surface area contributed by atoms with E-state index in [1.165, 1.54) is 0 Å². The van der Waals surface area contributed by atoms with Gasteiger partial charge in [0.2, 0.25) is 10.0 Å². The number of benzene rings is 1. The SMILES string of the molecule is CC(C)(C)Oc1cc(F)cc(C(=O)NS(C)(=O)=O)c1F. The Hall–Kier alpha value is -1.70. The van der Waals surface area contributed by atoms with Crippen LogP contribution in [0, 0.1) is 11.6 Å². The number of hydrogen-bond acceptors (Lipinski definition) is 4. The highest BCUT2D eigenvalue weighted by Crippen LogP contribution is 2.26. The molecule has 0 unspecified atom stereocenters. The predicted molar refractivity (Wildman–Crippen MR) is 69.0 cm³/mol. The summed E-state index contributed by atoms with van der Waals surface area (Å²) in [6.07, 6.45) is 0.731. The molecule has 0 aliphatic carbocycles. The lowest BCUT2D eigenvalue weighted by Gasteiger charge is -2.22. The number of hydrogen-bond donors (Lipinski definition) is 1. The monoisotopic (exact) mass is 307 g/mol. The summed E-state index contributed by atoms with van der Waals surface area (Å²) >= 11 is 0. The summed E-state index contributed by atoms with van der Waals surface area (Å²) in [5.41, 5.74) is -1.55. The fraction of sp³-hybridized carbons (Fsp3) is 0.417. The Labute approximate surface area is 116 Å². The topological polar surface area (TPSA) is 72.5 Å². The zero-order valence-electron chi connectivity index (χ0n) is 11.5. The van der Waals surface area contributed by atoms with Crippen LogP contribution >= 0.6 is 0 Å². The van der Waals surface area contributed by atoms with E-state index in [4.69, 9.17) is 4.74 Å². The quantitative estimate of drug-likeness (QED) is 0.924. The maximum atomic E-state index is 14.1. The molecule has 0 saturated heterocycles. The molecule has 0 heterocycles. The molecule has 0 saturated carbocycles. The molecule has 1 aromatic carbocycles. The largest absolute Gasteiger partial charge is 0.485 e. The molecule has 8 heteroatoms. The van der Waals surface area contributed by atoms with Crippen LogP contribution in [0.25, 0.3) is 0 Å². The van der Waals surface area contributed by atoms with Crippen LogP contribution in [0.15, 0.2) is 12.1 Å². The highest BCUT2D eigenvalue weighted by atomic mass is 32.2. The molecule has 0 aromatic heterocycles. The fourth-order valence-electron chi connectivity index (χ4n) is 1.36. The molecule has 20 heavy (non-hydrogen) atoms. The average molecular weight is 307 g/mol. The Morgan fingerprint density at radius 2 is 1.80 bits per heavy atom. The lowest BCUT2D eigenvalue weighted by molar-refractivity contribution is 0.0968. The first-order valence-corrected chi connectivity index (χ1v) is 7.48. The maximum absolute atomic E-state index is 14.1. The number of rotatable bonds is 3. The van der Waals surface area contributed by atoms with Gasteiger partial charge in [-0.15, -0.1) is 0 Å². The lowest BCUT2D eigenvalue weighted by atomic mass is 10.1. The highest BCUT2D eigenvalue weighted by Gasteiger charge is 2.23. The third-order valence-electron chi connectivity index (χ3n) is 1.94. The van der Waals surface area contributed by atoms with Crippen molar-refractivity contribution in [3.05, 3.63) is 29.3 Å². The molecule has 0 atom stereocenters. The number of ether oxygens (including phenoxy) is 1. The van der Waals surface area contributed by atoms with Crippen molar-refractivity contribution in [3.63, 3.8) is 0 Å². The van der Waals surface area contributed by atoms with Crippen LogP contribution in [0.1, 0.15) is 31.1 Å². The van der Waals surface area contributed by atoms with Crippen molar-refractivity contribution in [2.75, 3.05) is 6.26 Å². The molecule has 1 aromatic rings. The number of carbonyl (C=O) groups excluding carboxylic acids is 1. The lowest BCUT2D eigenvalue weighted by Crippen LogP contribution is -2.30. The van der Waals surface area contributed by atoms with Crippen LogP contribution < -0.4 is 9.46 Å². The summed E-state index contributed by atoms with van der Waals surface area (Å²) in [6, 6.07) is 1.39. The van der Waals surface area contributed by atoms with E-state index in [2.05, 4.69) is 0 Å². The van der Waals surface area contributed by atoms with Gasteiger partial charge in [0, 0.05) is 6.07 Å². The van der Waals surface area contributed by atoms with Crippen LogP contribution in [0.4, 0.5) is 8.78 Å². The molecule has 1 rings (SSSR count). The minimum atomic E-state index is -3.88. The maximum Gasteiger partial charge on any atom is 0.267 e. The fourth-order valence-corrected chi connectivity index (χ4v) is 1.80. The van der Waals surface area contributed by atoms with Crippen molar-refractivity contribution in [2.24, 2.45) is 0 Å². The van der Waals surface area contributed by atoms with Gasteiger partial charge in [-0.3, -0.25) is 4.79 Å².